The zero-order valence-electron chi connectivity index (χ0n) is 9.85. The molecule has 3 heteroatoms. The molecular formula is C14H16O2S. The highest BCUT2D eigenvalue weighted by molar-refractivity contribution is 8.03. The van der Waals surface area contributed by atoms with Gasteiger partial charge in [-0.05, 0) is 42.6 Å². The van der Waals surface area contributed by atoms with Gasteiger partial charge in [0, 0.05) is 17.6 Å². The van der Waals surface area contributed by atoms with Crippen molar-refractivity contribution < 1.29 is 9.90 Å². The summed E-state index contributed by atoms with van der Waals surface area (Å²) in [6, 6.07) is 0. The third kappa shape index (κ3) is 1.10. The van der Waals surface area contributed by atoms with E-state index in [1.165, 1.54) is 5.57 Å². The molecule has 0 amide bonds. The number of allylic oxidation sites excluding steroid dienone is 2. The lowest BCUT2D eigenvalue weighted by Crippen LogP contribution is -2.39. The van der Waals surface area contributed by atoms with Gasteiger partial charge in [0.1, 0.15) is 0 Å². The Labute approximate surface area is 105 Å². The maximum absolute atomic E-state index is 11.8. The second-order valence-corrected chi connectivity index (χ2v) is 6.99. The van der Waals surface area contributed by atoms with Crippen molar-refractivity contribution in [3.8, 4) is 0 Å². The summed E-state index contributed by atoms with van der Waals surface area (Å²) in [6.07, 6.45) is 4.75. The van der Waals surface area contributed by atoms with E-state index in [-0.39, 0.29) is 5.92 Å². The summed E-state index contributed by atoms with van der Waals surface area (Å²) in [6.45, 7) is 1.96. The molecule has 0 aromatic carbocycles. The molecule has 3 aliphatic carbocycles. The first-order chi connectivity index (χ1) is 8.11. The SMILES string of the molecule is CC1=C2[C@@H](CC1=O)C[C@@]1(O)[C@@H]2C[C@@H]2C=CS[C@@H]21. The van der Waals surface area contributed by atoms with Crippen LogP contribution >= 0.6 is 11.8 Å². The third-order valence-corrected chi connectivity index (χ3v) is 6.58. The lowest BCUT2D eigenvalue weighted by molar-refractivity contribution is -0.115. The molecule has 4 rings (SSSR count). The van der Waals surface area contributed by atoms with E-state index in [4.69, 9.17) is 0 Å². The van der Waals surface area contributed by atoms with E-state index in [2.05, 4.69) is 11.5 Å². The fraction of sp³-hybridized carbons (Fsp3) is 0.643. The van der Waals surface area contributed by atoms with E-state index in [0.29, 0.717) is 29.3 Å². The topological polar surface area (TPSA) is 37.3 Å². The Morgan fingerprint density at radius 1 is 1.53 bits per heavy atom. The number of carbonyl (C=O) groups excluding carboxylic acids is 1. The molecule has 1 N–H and O–H groups in total. The maximum Gasteiger partial charge on any atom is 0.159 e. The third-order valence-electron chi connectivity index (χ3n) is 5.22. The Kier molecular flexibility index (Phi) is 1.87. The monoisotopic (exact) mass is 248 g/mol. The highest BCUT2D eigenvalue weighted by Gasteiger charge is 2.63. The number of thioether (sulfide) groups is 1. The highest BCUT2D eigenvalue weighted by Crippen LogP contribution is 2.63. The number of hydrogen-bond donors (Lipinski definition) is 1. The molecule has 90 valence electrons. The van der Waals surface area contributed by atoms with E-state index in [0.717, 1.165) is 18.4 Å². The van der Waals surface area contributed by atoms with Crippen LogP contribution in [-0.2, 0) is 4.79 Å². The molecule has 5 atom stereocenters. The molecule has 0 bridgehead atoms. The van der Waals surface area contributed by atoms with Gasteiger partial charge < -0.3 is 5.11 Å². The van der Waals surface area contributed by atoms with Crippen molar-refractivity contribution in [2.24, 2.45) is 17.8 Å². The molecule has 4 aliphatic rings. The fourth-order valence-electron chi connectivity index (χ4n) is 4.53. The number of rotatable bonds is 0. The number of fused-ring (bicyclic) bond motifs is 5. The standard InChI is InChI=1S/C14H16O2S/c1-7-11(15)5-9-6-14(16)10(12(7)9)4-8-2-3-17-13(8)14/h2-3,8-10,13,16H,4-6H2,1H3/t8-,9-,10+,13-,14+/m0/s1. The molecular weight excluding hydrogens is 232 g/mol. The van der Waals surface area contributed by atoms with Gasteiger partial charge in [-0.15, -0.1) is 11.8 Å². The quantitative estimate of drug-likeness (QED) is 0.714. The summed E-state index contributed by atoms with van der Waals surface area (Å²) >= 11 is 1.79. The molecule has 1 aliphatic heterocycles. The summed E-state index contributed by atoms with van der Waals surface area (Å²) in [4.78, 5) is 11.8. The van der Waals surface area contributed by atoms with E-state index >= 15 is 0 Å². The lowest BCUT2D eigenvalue weighted by Gasteiger charge is -2.29. The number of Topliss-reactive ketones (excluding diaryl/α,β-unsaturated/α-hetero) is 1. The average molecular weight is 248 g/mol. The smallest absolute Gasteiger partial charge is 0.159 e. The van der Waals surface area contributed by atoms with Crippen molar-refractivity contribution in [2.45, 2.75) is 37.0 Å². The second kappa shape index (κ2) is 3.07. The van der Waals surface area contributed by atoms with E-state index in [1.54, 1.807) is 11.8 Å². The number of aliphatic hydroxyl groups is 1. The summed E-state index contributed by atoms with van der Waals surface area (Å²) < 4.78 is 0. The van der Waals surface area contributed by atoms with E-state index in [1.807, 2.05) is 6.92 Å². The Hall–Kier alpha value is -0.540. The van der Waals surface area contributed by atoms with Crippen LogP contribution < -0.4 is 0 Å². The molecule has 0 radical (unpaired) electrons. The van der Waals surface area contributed by atoms with Crippen LogP contribution in [0.3, 0.4) is 0 Å². The Balaban J connectivity index is 1.81. The summed E-state index contributed by atoms with van der Waals surface area (Å²) in [5.41, 5.74) is 1.73. The van der Waals surface area contributed by atoms with E-state index < -0.39 is 5.60 Å². The first-order valence-electron chi connectivity index (χ1n) is 6.39. The van der Waals surface area contributed by atoms with Gasteiger partial charge in [0.2, 0.25) is 0 Å². The molecule has 0 unspecified atom stereocenters. The van der Waals surface area contributed by atoms with Crippen molar-refractivity contribution in [1.29, 1.82) is 0 Å². The van der Waals surface area contributed by atoms with Gasteiger partial charge in [-0.25, -0.2) is 0 Å². The van der Waals surface area contributed by atoms with Gasteiger partial charge in [-0.2, -0.15) is 0 Å². The van der Waals surface area contributed by atoms with Crippen LogP contribution in [-0.4, -0.2) is 21.7 Å². The molecule has 17 heavy (non-hydrogen) atoms. The Bertz CT molecular complexity index is 479. The number of hydrogen-bond acceptors (Lipinski definition) is 3. The largest absolute Gasteiger partial charge is 0.388 e. The Morgan fingerprint density at radius 3 is 3.18 bits per heavy atom. The van der Waals surface area contributed by atoms with E-state index in [9.17, 15) is 9.90 Å². The number of ketones is 1. The van der Waals surface area contributed by atoms with Crippen LogP contribution in [0.25, 0.3) is 0 Å². The van der Waals surface area contributed by atoms with Gasteiger partial charge in [-0.1, -0.05) is 11.6 Å². The van der Waals surface area contributed by atoms with Crippen LogP contribution in [0.15, 0.2) is 22.6 Å². The fourth-order valence-corrected chi connectivity index (χ4v) is 5.89. The zero-order chi connectivity index (χ0) is 11.8. The average Bonchev–Trinajstić information content (AvgIpc) is 2.93. The van der Waals surface area contributed by atoms with Gasteiger partial charge >= 0.3 is 0 Å². The lowest BCUT2D eigenvalue weighted by atomic mass is 9.90. The minimum Gasteiger partial charge on any atom is -0.388 e. The van der Waals surface area contributed by atoms with Crippen LogP contribution in [0.1, 0.15) is 26.2 Å². The molecule has 0 aromatic heterocycles. The minimum absolute atomic E-state index is 0.256. The summed E-state index contributed by atoms with van der Waals surface area (Å²) in [7, 11) is 0. The predicted octanol–water partition coefficient (Wildman–Crippen LogP) is 2.29. The predicted molar refractivity (Wildman–Crippen MR) is 67.5 cm³/mol. The molecule has 0 saturated heterocycles. The van der Waals surface area contributed by atoms with Crippen LogP contribution in [0.2, 0.25) is 0 Å². The van der Waals surface area contributed by atoms with Gasteiger partial charge in [-0.3, -0.25) is 4.79 Å². The van der Waals surface area contributed by atoms with Crippen molar-refractivity contribution >= 4 is 17.5 Å². The zero-order valence-corrected chi connectivity index (χ0v) is 10.7. The van der Waals surface area contributed by atoms with Crippen LogP contribution in [0, 0.1) is 17.8 Å². The van der Waals surface area contributed by atoms with Gasteiger partial charge in [0.15, 0.2) is 5.78 Å². The summed E-state index contributed by atoms with van der Waals surface area (Å²) in [5, 5.41) is 13.5. The van der Waals surface area contributed by atoms with Crippen LogP contribution in [0.4, 0.5) is 0 Å². The first-order valence-corrected chi connectivity index (χ1v) is 7.34. The molecule has 2 nitrogen and oxygen atoms in total. The summed E-state index contributed by atoms with van der Waals surface area (Å²) in [5.74, 6) is 1.44. The number of carbonyl (C=O) groups is 1. The maximum atomic E-state index is 11.8. The van der Waals surface area contributed by atoms with Crippen LogP contribution in [0.5, 0.6) is 0 Å². The minimum atomic E-state index is -0.541. The normalized spacial score (nSPS) is 51.1. The second-order valence-electron chi connectivity index (χ2n) is 5.94. The van der Waals surface area contributed by atoms with Gasteiger partial charge in [0.05, 0.1) is 5.60 Å². The van der Waals surface area contributed by atoms with Crippen molar-refractivity contribution in [3.05, 3.63) is 22.6 Å². The first kappa shape index (κ1) is 10.4. The molecule has 2 fully saturated rings. The molecule has 0 aromatic rings. The van der Waals surface area contributed by atoms with Crippen molar-refractivity contribution in [1.82, 2.24) is 0 Å². The Morgan fingerprint density at radius 2 is 2.35 bits per heavy atom. The highest BCUT2D eigenvalue weighted by atomic mass is 32.2. The van der Waals surface area contributed by atoms with Gasteiger partial charge in [0.25, 0.3) is 0 Å². The van der Waals surface area contributed by atoms with Crippen molar-refractivity contribution in [3.63, 3.8) is 0 Å². The molecule has 1 heterocycles. The van der Waals surface area contributed by atoms with Crippen molar-refractivity contribution in [2.75, 3.05) is 0 Å². The molecule has 2 saturated carbocycles. The molecule has 0 spiro atoms.